The van der Waals surface area contributed by atoms with Crippen LogP contribution in [0.3, 0.4) is 0 Å². The van der Waals surface area contributed by atoms with E-state index in [4.69, 9.17) is 15.6 Å². The summed E-state index contributed by atoms with van der Waals surface area (Å²) in [4.78, 5) is 23.2. The molecule has 0 heterocycles. The Labute approximate surface area is 121 Å². The maximum absolute atomic E-state index is 12.1. The van der Waals surface area contributed by atoms with E-state index in [0.717, 1.165) is 0 Å². The van der Waals surface area contributed by atoms with Gasteiger partial charge in [-0.1, -0.05) is 0 Å². The molecule has 6 heteroatoms. The van der Waals surface area contributed by atoms with E-state index in [-0.39, 0.29) is 11.3 Å². The van der Waals surface area contributed by atoms with E-state index in [1.54, 1.807) is 24.3 Å². The van der Waals surface area contributed by atoms with Gasteiger partial charge in [0.05, 0.1) is 18.4 Å². The van der Waals surface area contributed by atoms with Gasteiger partial charge in [0.25, 0.3) is 5.91 Å². The summed E-state index contributed by atoms with van der Waals surface area (Å²) >= 11 is 0. The van der Waals surface area contributed by atoms with E-state index >= 15 is 0 Å². The molecule has 2 rings (SSSR count). The number of methoxy groups -OCH3 is 1. The fourth-order valence-electron chi connectivity index (χ4n) is 1.79. The van der Waals surface area contributed by atoms with Crippen molar-refractivity contribution in [2.75, 3.05) is 18.2 Å². The molecule has 108 valence electrons. The first kappa shape index (κ1) is 14.4. The van der Waals surface area contributed by atoms with Crippen LogP contribution >= 0.6 is 0 Å². The monoisotopic (exact) mass is 286 g/mol. The van der Waals surface area contributed by atoms with Gasteiger partial charge in [0.2, 0.25) is 0 Å². The quantitative estimate of drug-likeness (QED) is 0.748. The number of rotatable bonds is 4. The molecule has 0 atom stereocenters. The minimum atomic E-state index is -1.14. The molecule has 0 unspecified atom stereocenters. The number of carbonyl (C=O) groups is 2. The van der Waals surface area contributed by atoms with Crippen molar-refractivity contribution >= 4 is 23.3 Å². The first-order valence-electron chi connectivity index (χ1n) is 6.09. The van der Waals surface area contributed by atoms with Crippen molar-refractivity contribution in [2.24, 2.45) is 0 Å². The number of amides is 1. The molecular weight excluding hydrogens is 272 g/mol. The van der Waals surface area contributed by atoms with Gasteiger partial charge in [-0.05, 0) is 42.5 Å². The molecule has 2 aromatic rings. The highest BCUT2D eigenvalue weighted by Crippen LogP contribution is 2.20. The van der Waals surface area contributed by atoms with Gasteiger partial charge in [0, 0.05) is 11.3 Å². The van der Waals surface area contributed by atoms with Crippen LogP contribution in [0.4, 0.5) is 11.4 Å². The summed E-state index contributed by atoms with van der Waals surface area (Å²) in [5.74, 6) is -0.937. The topological polar surface area (TPSA) is 102 Å². The molecule has 0 aliphatic heterocycles. The average molecular weight is 286 g/mol. The molecule has 0 fully saturated rings. The minimum Gasteiger partial charge on any atom is -0.497 e. The van der Waals surface area contributed by atoms with Crippen LogP contribution in [-0.2, 0) is 0 Å². The Balaban J connectivity index is 2.26. The maximum atomic E-state index is 12.1. The Bertz CT molecular complexity index is 681. The highest BCUT2D eigenvalue weighted by Gasteiger charge is 2.14. The number of aromatic carboxylic acids is 1. The highest BCUT2D eigenvalue weighted by molar-refractivity contribution is 6.08. The summed E-state index contributed by atoms with van der Waals surface area (Å²) in [6.07, 6.45) is 0. The number of nitrogens with two attached hydrogens (primary N) is 1. The fourth-order valence-corrected chi connectivity index (χ4v) is 1.79. The van der Waals surface area contributed by atoms with Gasteiger partial charge < -0.3 is 20.9 Å². The molecule has 6 nitrogen and oxygen atoms in total. The van der Waals surface area contributed by atoms with Crippen molar-refractivity contribution < 1.29 is 19.4 Å². The molecule has 4 N–H and O–H groups in total. The van der Waals surface area contributed by atoms with Gasteiger partial charge in [0.1, 0.15) is 5.75 Å². The lowest BCUT2D eigenvalue weighted by Gasteiger charge is -2.09. The number of hydrogen-bond acceptors (Lipinski definition) is 4. The second-order valence-electron chi connectivity index (χ2n) is 4.29. The first-order valence-corrected chi connectivity index (χ1v) is 6.09. The third-order valence-electron chi connectivity index (χ3n) is 2.87. The smallest absolute Gasteiger partial charge is 0.337 e. The predicted molar refractivity (Wildman–Crippen MR) is 78.8 cm³/mol. The number of anilines is 2. The summed E-state index contributed by atoms with van der Waals surface area (Å²) in [6, 6.07) is 10.7. The van der Waals surface area contributed by atoms with Crippen molar-refractivity contribution in [2.45, 2.75) is 0 Å². The standard InChI is InChI=1S/C15H14N2O4/c1-21-11-5-2-9(3-6-11)14(18)17-13-8-10(16)4-7-12(13)15(19)20/h2-8H,16H2,1H3,(H,17,18)(H,19,20). The number of ether oxygens (including phenoxy) is 1. The third-order valence-corrected chi connectivity index (χ3v) is 2.87. The number of benzene rings is 2. The van der Waals surface area contributed by atoms with Crippen LogP contribution in [0.2, 0.25) is 0 Å². The molecule has 0 saturated heterocycles. The Morgan fingerprint density at radius 1 is 1.14 bits per heavy atom. The highest BCUT2D eigenvalue weighted by atomic mass is 16.5. The average Bonchev–Trinajstić information content (AvgIpc) is 2.47. The molecule has 0 aliphatic rings. The minimum absolute atomic E-state index is 0.0222. The van der Waals surface area contributed by atoms with Crippen molar-refractivity contribution in [1.82, 2.24) is 0 Å². The normalized spacial score (nSPS) is 9.95. The molecule has 2 aromatic carbocycles. The SMILES string of the molecule is COc1ccc(C(=O)Nc2cc(N)ccc2C(=O)O)cc1. The first-order chi connectivity index (χ1) is 10.0. The van der Waals surface area contributed by atoms with Gasteiger partial charge in [-0.2, -0.15) is 0 Å². The molecule has 0 bridgehead atoms. The number of carboxylic acid groups (broad SMARTS) is 1. The zero-order valence-corrected chi connectivity index (χ0v) is 11.3. The van der Waals surface area contributed by atoms with Crippen LogP contribution in [0.15, 0.2) is 42.5 Å². The van der Waals surface area contributed by atoms with Crippen molar-refractivity contribution in [1.29, 1.82) is 0 Å². The lowest BCUT2D eigenvalue weighted by molar-refractivity contribution is 0.0698. The van der Waals surface area contributed by atoms with Crippen molar-refractivity contribution in [3.63, 3.8) is 0 Å². The van der Waals surface area contributed by atoms with Gasteiger partial charge in [-0.15, -0.1) is 0 Å². The lowest BCUT2D eigenvalue weighted by atomic mass is 10.1. The molecule has 0 spiro atoms. The number of carboxylic acids is 1. The molecule has 1 amide bonds. The molecule has 21 heavy (non-hydrogen) atoms. The number of hydrogen-bond donors (Lipinski definition) is 3. The van der Waals surface area contributed by atoms with E-state index in [2.05, 4.69) is 5.32 Å². The predicted octanol–water partition coefficient (Wildman–Crippen LogP) is 2.23. The second-order valence-corrected chi connectivity index (χ2v) is 4.29. The second kappa shape index (κ2) is 5.96. The maximum Gasteiger partial charge on any atom is 0.337 e. The number of nitrogen functional groups attached to an aromatic ring is 1. The molecular formula is C15H14N2O4. The van der Waals surface area contributed by atoms with E-state index in [9.17, 15) is 9.59 Å². The van der Waals surface area contributed by atoms with Crippen LogP contribution in [0.25, 0.3) is 0 Å². The van der Waals surface area contributed by atoms with Crippen LogP contribution in [0, 0.1) is 0 Å². The third kappa shape index (κ3) is 3.30. The fraction of sp³-hybridized carbons (Fsp3) is 0.0667. The Kier molecular flexibility index (Phi) is 4.08. The Morgan fingerprint density at radius 2 is 1.81 bits per heavy atom. The lowest BCUT2D eigenvalue weighted by Crippen LogP contribution is -2.15. The van der Waals surface area contributed by atoms with Gasteiger partial charge in [-0.25, -0.2) is 4.79 Å². The van der Waals surface area contributed by atoms with Crippen LogP contribution in [0.5, 0.6) is 5.75 Å². The van der Waals surface area contributed by atoms with E-state index < -0.39 is 11.9 Å². The molecule has 0 aromatic heterocycles. The molecule has 0 radical (unpaired) electrons. The summed E-state index contributed by atoms with van der Waals surface area (Å²) in [5, 5.41) is 11.6. The summed E-state index contributed by atoms with van der Waals surface area (Å²) < 4.78 is 5.01. The van der Waals surface area contributed by atoms with Crippen LogP contribution in [-0.4, -0.2) is 24.1 Å². The van der Waals surface area contributed by atoms with Gasteiger partial charge in [-0.3, -0.25) is 4.79 Å². The van der Waals surface area contributed by atoms with E-state index in [1.807, 2.05) is 0 Å². The Hall–Kier alpha value is -3.02. The number of carbonyl (C=O) groups excluding carboxylic acids is 1. The molecule has 0 aliphatic carbocycles. The van der Waals surface area contributed by atoms with Gasteiger partial charge in [0.15, 0.2) is 0 Å². The Morgan fingerprint density at radius 3 is 2.38 bits per heavy atom. The zero-order chi connectivity index (χ0) is 15.4. The number of nitrogens with one attached hydrogen (secondary N) is 1. The van der Waals surface area contributed by atoms with Crippen LogP contribution in [0.1, 0.15) is 20.7 Å². The van der Waals surface area contributed by atoms with Crippen molar-refractivity contribution in [3.05, 3.63) is 53.6 Å². The summed E-state index contributed by atoms with van der Waals surface area (Å²) in [6.45, 7) is 0. The summed E-state index contributed by atoms with van der Waals surface area (Å²) in [5.41, 5.74) is 6.50. The zero-order valence-electron chi connectivity index (χ0n) is 11.3. The summed E-state index contributed by atoms with van der Waals surface area (Å²) in [7, 11) is 1.53. The largest absolute Gasteiger partial charge is 0.497 e. The van der Waals surface area contributed by atoms with Crippen LogP contribution < -0.4 is 15.8 Å². The van der Waals surface area contributed by atoms with Gasteiger partial charge >= 0.3 is 5.97 Å². The van der Waals surface area contributed by atoms with Crippen molar-refractivity contribution in [3.8, 4) is 5.75 Å². The van der Waals surface area contributed by atoms with E-state index in [0.29, 0.717) is 17.0 Å². The van der Waals surface area contributed by atoms with E-state index in [1.165, 1.54) is 25.3 Å². The molecule has 0 saturated carbocycles.